The number of aliphatic carboxylic acids is 1. The van der Waals surface area contributed by atoms with Gasteiger partial charge in [-0.3, -0.25) is 9.69 Å². The Hall–Kier alpha value is -1.46. The highest BCUT2D eigenvalue weighted by Crippen LogP contribution is 2.21. The molecule has 5 heteroatoms. The maximum absolute atomic E-state index is 10.6. The number of carboxylic acid groups (broad SMARTS) is 1. The molecule has 0 bridgehead atoms. The van der Waals surface area contributed by atoms with Crippen LogP contribution >= 0.6 is 12.2 Å². The summed E-state index contributed by atoms with van der Waals surface area (Å²) < 4.78 is 0. The maximum atomic E-state index is 10.6. The van der Waals surface area contributed by atoms with Gasteiger partial charge in [-0.1, -0.05) is 43.4 Å². The third kappa shape index (κ3) is 4.61. The van der Waals surface area contributed by atoms with Crippen molar-refractivity contribution in [3.8, 4) is 0 Å². The smallest absolute Gasteiger partial charge is 0.304 e. The van der Waals surface area contributed by atoms with Gasteiger partial charge in [-0.25, -0.2) is 0 Å². The first-order valence-electron chi connectivity index (χ1n) is 6.26. The molecule has 1 aromatic rings. The summed E-state index contributed by atoms with van der Waals surface area (Å²) in [5, 5.41) is 8.73. The summed E-state index contributed by atoms with van der Waals surface area (Å²) in [6.45, 7) is 2.51. The van der Waals surface area contributed by atoms with Crippen LogP contribution in [-0.4, -0.2) is 34.6 Å². The molecule has 0 aliphatic heterocycles. The molecule has 0 fully saturated rings. The SMILES string of the molecule is CCc1ccc(C(C(N)=S)N(C)CCC(=O)O)cc1. The number of thiocarbonyl (C=S) groups is 1. The molecule has 0 aliphatic carbocycles. The van der Waals surface area contributed by atoms with E-state index in [1.54, 1.807) is 0 Å². The Bertz CT molecular complexity index is 445. The van der Waals surface area contributed by atoms with E-state index in [1.165, 1.54) is 5.56 Å². The van der Waals surface area contributed by atoms with Gasteiger partial charge in [-0.2, -0.15) is 0 Å². The fourth-order valence-electron chi connectivity index (χ4n) is 1.97. The van der Waals surface area contributed by atoms with Gasteiger partial charge in [0.05, 0.1) is 17.5 Å². The van der Waals surface area contributed by atoms with Gasteiger partial charge in [0.1, 0.15) is 0 Å². The second-order valence-corrected chi connectivity index (χ2v) is 5.00. The summed E-state index contributed by atoms with van der Waals surface area (Å²) in [5.74, 6) is -0.824. The highest BCUT2D eigenvalue weighted by Gasteiger charge is 2.20. The van der Waals surface area contributed by atoms with E-state index in [0.29, 0.717) is 11.5 Å². The number of carbonyl (C=O) groups is 1. The van der Waals surface area contributed by atoms with E-state index in [-0.39, 0.29) is 12.5 Å². The van der Waals surface area contributed by atoms with Crippen molar-refractivity contribution in [3.63, 3.8) is 0 Å². The highest BCUT2D eigenvalue weighted by atomic mass is 32.1. The lowest BCUT2D eigenvalue weighted by atomic mass is 10.0. The van der Waals surface area contributed by atoms with Gasteiger partial charge in [-0.15, -0.1) is 0 Å². The quantitative estimate of drug-likeness (QED) is 0.748. The Labute approximate surface area is 119 Å². The normalized spacial score (nSPS) is 12.4. The van der Waals surface area contributed by atoms with E-state index in [9.17, 15) is 4.79 Å². The summed E-state index contributed by atoms with van der Waals surface area (Å²) in [7, 11) is 1.83. The topological polar surface area (TPSA) is 66.6 Å². The molecule has 0 aliphatic rings. The predicted octanol–water partition coefficient (Wildman–Crippen LogP) is 1.98. The molecule has 1 rings (SSSR count). The summed E-state index contributed by atoms with van der Waals surface area (Å²) >= 11 is 5.11. The summed E-state index contributed by atoms with van der Waals surface area (Å²) in [6, 6.07) is 7.87. The second kappa shape index (κ2) is 7.21. The lowest BCUT2D eigenvalue weighted by Crippen LogP contribution is -2.35. The van der Waals surface area contributed by atoms with Crippen LogP contribution < -0.4 is 5.73 Å². The van der Waals surface area contributed by atoms with Crippen molar-refractivity contribution in [1.82, 2.24) is 4.90 Å². The van der Waals surface area contributed by atoms with Gasteiger partial charge in [0.15, 0.2) is 0 Å². The molecule has 0 radical (unpaired) electrons. The number of nitrogens with zero attached hydrogens (tertiary/aromatic N) is 1. The minimum Gasteiger partial charge on any atom is -0.481 e. The molecular formula is C14H20N2O2S. The Morgan fingerprint density at radius 2 is 2.00 bits per heavy atom. The van der Waals surface area contributed by atoms with E-state index in [4.69, 9.17) is 23.1 Å². The van der Waals surface area contributed by atoms with Crippen LogP contribution in [0.15, 0.2) is 24.3 Å². The fourth-order valence-corrected chi connectivity index (χ4v) is 2.29. The summed E-state index contributed by atoms with van der Waals surface area (Å²) in [4.78, 5) is 12.9. The maximum Gasteiger partial charge on any atom is 0.304 e. The van der Waals surface area contributed by atoms with Crippen LogP contribution in [0.1, 0.15) is 30.5 Å². The molecule has 0 saturated heterocycles. The summed E-state index contributed by atoms with van der Waals surface area (Å²) in [5.41, 5.74) is 8.04. The number of hydrogen-bond donors (Lipinski definition) is 2. The van der Waals surface area contributed by atoms with Crippen molar-refractivity contribution >= 4 is 23.2 Å². The Balaban J connectivity index is 2.86. The number of carboxylic acids is 1. The van der Waals surface area contributed by atoms with Crippen LogP contribution in [-0.2, 0) is 11.2 Å². The number of nitrogens with two attached hydrogens (primary N) is 1. The number of likely N-dealkylation sites (N-methyl/N-ethyl adjacent to an activating group) is 1. The number of hydrogen-bond acceptors (Lipinski definition) is 3. The molecule has 0 heterocycles. The van der Waals surface area contributed by atoms with Gasteiger partial charge < -0.3 is 10.8 Å². The predicted molar refractivity (Wildman–Crippen MR) is 80.2 cm³/mol. The van der Waals surface area contributed by atoms with Crippen LogP contribution in [0, 0.1) is 0 Å². The van der Waals surface area contributed by atoms with Crippen LogP contribution in [0.2, 0.25) is 0 Å². The molecule has 0 spiro atoms. The van der Waals surface area contributed by atoms with E-state index >= 15 is 0 Å². The zero-order valence-corrected chi connectivity index (χ0v) is 12.1. The molecule has 1 atom stereocenters. The Morgan fingerprint density at radius 3 is 2.42 bits per heavy atom. The molecule has 3 N–H and O–H groups in total. The molecule has 0 amide bonds. The van der Waals surface area contributed by atoms with Crippen LogP contribution in [0.25, 0.3) is 0 Å². The molecule has 1 aromatic carbocycles. The molecule has 0 aromatic heterocycles. The minimum atomic E-state index is -0.824. The third-order valence-electron chi connectivity index (χ3n) is 3.09. The first-order chi connectivity index (χ1) is 8.95. The van der Waals surface area contributed by atoms with Crippen molar-refractivity contribution in [2.45, 2.75) is 25.8 Å². The number of benzene rings is 1. The molecule has 0 saturated carbocycles. The molecule has 1 unspecified atom stereocenters. The van der Waals surface area contributed by atoms with Crippen molar-refractivity contribution in [2.75, 3.05) is 13.6 Å². The molecule has 4 nitrogen and oxygen atoms in total. The zero-order valence-electron chi connectivity index (χ0n) is 11.3. The average molecular weight is 280 g/mol. The van der Waals surface area contributed by atoms with Gasteiger partial charge >= 0.3 is 5.97 Å². The largest absolute Gasteiger partial charge is 0.481 e. The zero-order chi connectivity index (χ0) is 14.4. The van der Waals surface area contributed by atoms with Crippen molar-refractivity contribution in [1.29, 1.82) is 0 Å². The van der Waals surface area contributed by atoms with Gasteiger partial charge in [-0.05, 0) is 24.6 Å². The number of rotatable bonds is 7. The van der Waals surface area contributed by atoms with Crippen LogP contribution in [0.3, 0.4) is 0 Å². The van der Waals surface area contributed by atoms with Crippen molar-refractivity contribution in [3.05, 3.63) is 35.4 Å². The molecular weight excluding hydrogens is 260 g/mol. The number of aryl methyl sites for hydroxylation is 1. The lowest BCUT2D eigenvalue weighted by molar-refractivity contribution is -0.137. The van der Waals surface area contributed by atoms with Crippen LogP contribution in [0.4, 0.5) is 0 Å². The van der Waals surface area contributed by atoms with Gasteiger partial charge in [0.2, 0.25) is 0 Å². The van der Waals surface area contributed by atoms with E-state index in [2.05, 4.69) is 6.92 Å². The second-order valence-electron chi connectivity index (χ2n) is 4.52. The monoisotopic (exact) mass is 280 g/mol. The van der Waals surface area contributed by atoms with Gasteiger partial charge in [0, 0.05) is 6.54 Å². The Kier molecular flexibility index (Phi) is 5.92. The highest BCUT2D eigenvalue weighted by molar-refractivity contribution is 7.80. The van der Waals surface area contributed by atoms with E-state index in [1.807, 2.05) is 36.2 Å². The van der Waals surface area contributed by atoms with Crippen molar-refractivity contribution < 1.29 is 9.90 Å². The third-order valence-corrected chi connectivity index (χ3v) is 3.32. The average Bonchev–Trinajstić information content (AvgIpc) is 2.37. The van der Waals surface area contributed by atoms with E-state index in [0.717, 1.165) is 12.0 Å². The minimum absolute atomic E-state index is 0.0721. The summed E-state index contributed by atoms with van der Waals surface area (Å²) in [6.07, 6.45) is 1.05. The standard InChI is InChI=1S/C14H20N2O2S/c1-3-10-4-6-11(7-5-10)13(14(15)19)16(2)9-8-12(17)18/h4-7,13H,3,8-9H2,1-2H3,(H2,15,19)(H,17,18). The fraction of sp³-hybridized carbons (Fsp3) is 0.429. The Morgan fingerprint density at radius 1 is 1.42 bits per heavy atom. The van der Waals surface area contributed by atoms with Gasteiger partial charge in [0.25, 0.3) is 0 Å². The van der Waals surface area contributed by atoms with Crippen LogP contribution in [0.5, 0.6) is 0 Å². The first-order valence-corrected chi connectivity index (χ1v) is 6.66. The first kappa shape index (κ1) is 15.6. The molecule has 19 heavy (non-hydrogen) atoms. The lowest BCUT2D eigenvalue weighted by Gasteiger charge is -2.27. The van der Waals surface area contributed by atoms with E-state index < -0.39 is 5.97 Å². The molecule has 104 valence electrons. The van der Waals surface area contributed by atoms with Crippen molar-refractivity contribution in [2.24, 2.45) is 5.73 Å².